The Morgan fingerprint density at radius 3 is 2.67 bits per heavy atom. The highest BCUT2D eigenvalue weighted by molar-refractivity contribution is 5.94. The van der Waals surface area contributed by atoms with Crippen LogP contribution in [-0.4, -0.2) is 31.4 Å². The molecule has 0 radical (unpaired) electrons. The Morgan fingerprint density at radius 2 is 2.04 bits per heavy atom. The minimum Gasteiger partial charge on any atom is -0.486 e. The van der Waals surface area contributed by atoms with E-state index in [4.69, 9.17) is 4.74 Å². The highest BCUT2D eigenvalue weighted by Gasteiger charge is 2.33. The number of nitrogens with zero attached hydrogens (tertiary/aromatic N) is 4. The minimum absolute atomic E-state index is 0.0528. The molecule has 0 aliphatic heterocycles. The smallest absolute Gasteiger partial charge is 0.254 e. The summed E-state index contributed by atoms with van der Waals surface area (Å²) in [5.74, 6) is 1.63. The van der Waals surface area contributed by atoms with Gasteiger partial charge in [0.25, 0.3) is 5.91 Å². The lowest BCUT2D eigenvalue weighted by Crippen LogP contribution is -2.32. The Balaban J connectivity index is 1.42. The summed E-state index contributed by atoms with van der Waals surface area (Å²) < 4.78 is 7.69. The van der Waals surface area contributed by atoms with Crippen LogP contribution in [0.5, 0.6) is 5.75 Å². The molecule has 27 heavy (non-hydrogen) atoms. The summed E-state index contributed by atoms with van der Waals surface area (Å²) in [6, 6.07) is 11.6. The van der Waals surface area contributed by atoms with Crippen LogP contribution in [0.4, 0.5) is 0 Å². The summed E-state index contributed by atoms with van der Waals surface area (Å²) in [5.41, 5.74) is 1.72. The molecule has 0 bridgehead atoms. The molecule has 6 heteroatoms. The quantitative estimate of drug-likeness (QED) is 0.648. The maximum absolute atomic E-state index is 13.0. The van der Waals surface area contributed by atoms with Gasteiger partial charge in [0.15, 0.2) is 0 Å². The lowest BCUT2D eigenvalue weighted by Gasteiger charge is -2.22. The van der Waals surface area contributed by atoms with Crippen molar-refractivity contribution in [3.8, 4) is 5.75 Å². The van der Waals surface area contributed by atoms with Crippen LogP contribution in [0.15, 0.2) is 61.2 Å². The van der Waals surface area contributed by atoms with Gasteiger partial charge in [0.1, 0.15) is 18.2 Å². The lowest BCUT2D eigenvalue weighted by atomic mass is 10.1. The van der Waals surface area contributed by atoms with E-state index in [0.717, 1.165) is 30.0 Å². The number of aryl methyl sites for hydroxylation is 1. The molecule has 1 aromatic carbocycles. The maximum atomic E-state index is 13.0. The summed E-state index contributed by atoms with van der Waals surface area (Å²) in [4.78, 5) is 23.3. The van der Waals surface area contributed by atoms with Crippen LogP contribution in [0.1, 0.15) is 34.6 Å². The number of imidazole rings is 1. The van der Waals surface area contributed by atoms with Crippen molar-refractivity contribution in [1.82, 2.24) is 19.4 Å². The summed E-state index contributed by atoms with van der Waals surface area (Å²) in [6.07, 6.45) is 9.33. The largest absolute Gasteiger partial charge is 0.486 e. The van der Waals surface area contributed by atoms with Gasteiger partial charge in [0.2, 0.25) is 0 Å². The summed E-state index contributed by atoms with van der Waals surface area (Å²) in [7, 11) is 1.93. The van der Waals surface area contributed by atoms with E-state index in [-0.39, 0.29) is 5.91 Å². The molecule has 0 N–H and O–H groups in total. The highest BCUT2D eigenvalue weighted by Crippen LogP contribution is 2.30. The average molecular weight is 362 g/mol. The van der Waals surface area contributed by atoms with Gasteiger partial charge in [-0.1, -0.05) is 6.07 Å². The van der Waals surface area contributed by atoms with E-state index >= 15 is 0 Å². The predicted octanol–water partition coefficient (Wildman–Crippen LogP) is 3.20. The molecule has 0 atom stereocenters. The first-order valence-electron chi connectivity index (χ1n) is 9.09. The second kappa shape index (κ2) is 7.61. The number of carbonyl (C=O) groups is 1. The van der Waals surface area contributed by atoms with Crippen LogP contribution in [-0.2, 0) is 20.2 Å². The fraction of sp³-hybridized carbons (Fsp3) is 0.286. The molecule has 1 saturated carbocycles. The Morgan fingerprint density at radius 1 is 1.22 bits per heavy atom. The van der Waals surface area contributed by atoms with Crippen LogP contribution in [0.3, 0.4) is 0 Å². The van der Waals surface area contributed by atoms with Crippen LogP contribution in [0.25, 0.3) is 0 Å². The zero-order valence-electron chi connectivity index (χ0n) is 15.3. The molecule has 0 unspecified atom stereocenters. The summed E-state index contributed by atoms with van der Waals surface area (Å²) in [6.45, 7) is 0.987. The first kappa shape index (κ1) is 17.3. The van der Waals surface area contributed by atoms with Crippen molar-refractivity contribution in [3.63, 3.8) is 0 Å². The van der Waals surface area contributed by atoms with Crippen molar-refractivity contribution < 1.29 is 9.53 Å². The number of ether oxygens (including phenoxy) is 1. The summed E-state index contributed by atoms with van der Waals surface area (Å²) >= 11 is 0. The lowest BCUT2D eigenvalue weighted by molar-refractivity contribution is 0.0729. The van der Waals surface area contributed by atoms with Crippen molar-refractivity contribution in [2.75, 3.05) is 0 Å². The van der Waals surface area contributed by atoms with Gasteiger partial charge in [-0.2, -0.15) is 0 Å². The average Bonchev–Trinajstić information content (AvgIpc) is 3.47. The number of benzene rings is 1. The van der Waals surface area contributed by atoms with Gasteiger partial charge < -0.3 is 14.2 Å². The van der Waals surface area contributed by atoms with Crippen LogP contribution in [0.2, 0.25) is 0 Å². The first-order chi connectivity index (χ1) is 13.2. The van der Waals surface area contributed by atoms with Gasteiger partial charge in [-0.15, -0.1) is 0 Å². The fourth-order valence-electron chi connectivity index (χ4n) is 2.98. The Bertz CT molecular complexity index is 901. The molecular weight excluding hydrogens is 340 g/mol. The minimum atomic E-state index is 0.0528. The normalized spacial score (nSPS) is 13.4. The predicted molar refractivity (Wildman–Crippen MR) is 101 cm³/mol. The topological polar surface area (TPSA) is 60.3 Å². The second-order valence-electron chi connectivity index (χ2n) is 6.79. The molecule has 4 rings (SSSR count). The first-order valence-corrected chi connectivity index (χ1v) is 9.09. The van der Waals surface area contributed by atoms with Gasteiger partial charge in [0, 0.05) is 50.0 Å². The number of pyridine rings is 1. The third kappa shape index (κ3) is 4.16. The standard InChI is InChI=1S/C21H22N4O2/c1-24-12-11-23-20(24)15-27-19-8-4-17(5-9-19)21(26)25(18-6-7-18)14-16-3-2-10-22-13-16/h2-5,8-13,18H,6-7,14-15H2,1H3. The number of carbonyl (C=O) groups excluding carboxylic acids is 1. The number of hydrogen-bond acceptors (Lipinski definition) is 4. The Hall–Kier alpha value is -3.15. The molecule has 1 fully saturated rings. The molecule has 1 aliphatic rings. The third-order valence-electron chi connectivity index (χ3n) is 4.71. The van der Waals surface area contributed by atoms with Crippen LogP contribution < -0.4 is 4.74 Å². The molecule has 3 aromatic rings. The van der Waals surface area contributed by atoms with Crippen molar-refractivity contribution in [1.29, 1.82) is 0 Å². The molecule has 2 heterocycles. The van der Waals surface area contributed by atoms with E-state index in [1.807, 2.05) is 65.3 Å². The van der Waals surface area contributed by atoms with E-state index in [0.29, 0.717) is 24.8 Å². The van der Waals surface area contributed by atoms with E-state index in [1.54, 1.807) is 12.4 Å². The van der Waals surface area contributed by atoms with Gasteiger partial charge in [-0.3, -0.25) is 9.78 Å². The highest BCUT2D eigenvalue weighted by atomic mass is 16.5. The molecule has 1 amide bonds. The zero-order chi connectivity index (χ0) is 18.6. The van der Waals surface area contributed by atoms with Crippen molar-refractivity contribution in [2.24, 2.45) is 7.05 Å². The van der Waals surface area contributed by atoms with Crippen molar-refractivity contribution in [2.45, 2.75) is 32.0 Å². The third-order valence-corrected chi connectivity index (χ3v) is 4.71. The van der Waals surface area contributed by atoms with E-state index in [2.05, 4.69) is 9.97 Å². The summed E-state index contributed by atoms with van der Waals surface area (Å²) in [5, 5.41) is 0. The van der Waals surface area contributed by atoms with Gasteiger partial charge in [0.05, 0.1) is 0 Å². The number of hydrogen-bond donors (Lipinski definition) is 0. The van der Waals surface area contributed by atoms with Crippen LogP contribution >= 0.6 is 0 Å². The molecular formula is C21H22N4O2. The monoisotopic (exact) mass is 362 g/mol. The van der Waals surface area contributed by atoms with Gasteiger partial charge >= 0.3 is 0 Å². The van der Waals surface area contributed by atoms with Gasteiger partial charge in [-0.25, -0.2) is 4.98 Å². The van der Waals surface area contributed by atoms with Gasteiger partial charge in [-0.05, 0) is 48.7 Å². The van der Waals surface area contributed by atoms with Crippen molar-refractivity contribution in [3.05, 3.63) is 78.1 Å². The Labute approximate surface area is 158 Å². The second-order valence-corrected chi connectivity index (χ2v) is 6.79. The zero-order valence-corrected chi connectivity index (χ0v) is 15.3. The van der Waals surface area contributed by atoms with E-state index in [1.165, 1.54) is 0 Å². The fourth-order valence-corrected chi connectivity index (χ4v) is 2.98. The maximum Gasteiger partial charge on any atom is 0.254 e. The SMILES string of the molecule is Cn1ccnc1COc1ccc(C(=O)N(Cc2cccnc2)C2CC2)cc1. The number of aromatic nitrogens is 3. The van der Waals surface area contributed by atoms with Crippen molar-refractivity contribution >= 4 is 5.91 Å². The molecule has 6 nitrogen and oxygen atoms in total. The number of amides is 1. The molecule has 1 aliphatic carbocycles. The Kier molecular flexibility index (Phi) is 4.87. The van der Waals surface area contributed by atoms with E-state index in [9.17, 15) is 4.79 Å². The molecule has 0 saturated heterocycles. The molecule has 0 spiro atoms. The number of rotatable bonds is 7. The molecule has 138 valence electrons. The van der Waals surface area contributed by atoms with Crippen LogP contribution in [0, 0.1) is 0 Å². The van der Waals surface area contributed by atoms with E-state index < -0.39 is 0 Å². The molecule has 2 aromatic heterocycles.